The number of rotatable bonds is 4. The summed E-state index contributed by atoms with van der Waals surface area (Å²) in [5, 5.41) is 16.3. The molecule has 0 radical (unpaired) electrons. The van der Waals surface area contributed by atoms with Crippen molar-refractivity contribution in [3.8, 4) is 0 Å². The van der Waals surface area contributed by atoms with E-state index < -0.39 is 0 Å². The van der Waals surface area contributed by atoms with Gasteiger partial charge in [-0.25, -0.2) is 0 Å². The van der Waals surface area contributed by atoms with Crippen LogP contribution in [0.25, 0.3) is 0 Å². The maximum absolute atomic E-state index is 12.8. The van der Waals surface area contributed by atoms with Gasteiger partial charge in [0.1, 0.15) is 6.10 Å². The highest BCUT2D eigenvalue weighted by Gasteiger charge is 2.30. The van der Waals surface area contributed by atoms with Crippen molar-refractivity contribution in [2.24, 2.45) is 7.05 Å². The molecule has 3 heterocycles. The molecule has 0 aliphatic carbocycles. The molecule has 0 saturated carbocycles. The molecule has 1 fully saturated rings. The standard InChI is InChI=1S/C14H21N7O2/c1-4-5-21-8-11(10(2)16-21)14(22)20-6-7-23-12(9-20)13-15-18-19(3)17-13/h8,12H,4-7,9H2,1-3H3. The quantitative estimate of drug-likeness (QED) is 0.807. The van der Waals surface area contributed by atoms with Crippen LogP contribution in [0.2, 0.25) is 0 Å². The van der Waals surface area contributed by atoms with Gasteiger partial charge in [-0.2, -0.15) is 9.90 Å². The Kier molecular flexibility index (Phi) is 4.37. The molecule has 23 heavy (non-hydrogen) atoms. The summed E-state index contributed by atoms with van der Waals surface area (Å²) in [7, 11) is 1.70. The molecular weight excluding hydrogens is 298 g/mol. The molecule has 0 bridgehead atoms. The van der Waals surface area contributed by atoms with Gasteiger partial charge >= 0.3 is 0 Å². The Morgan fingerprint density at radius 3 is 2.96 bits per heavy atom. The first-order chi connectivity index (χ1) is 11.1. The van der Waals surface area contributed by atoms with E-state index >= 15 is 0 Å². The van der Waals surface area contributed by atoms with E-state index in [2.05, 4.69) is 27.4 Å². The second-order valence-corrected chi connectivity index (χ2v) is 5.64. The van der Waals surface area contributed by atoms with Crippen molar-refractivity contribution in [3.63, 3.8) is 0 Å². The first-order valence-corrected chi connectivity index (χ1v) is 7.77. The number of amides is 1. The Balaban J connectivity index is 1.74. The van der Waals surface area contributed by atoms with Crippen LogP contribution in [0.5, 0.6) is 0 Å². The lowest BCUT2D eigenvalue weighted by Gasteiger charge is -2.31. The molecule has 2 aromatic rings. The molecule has 1 amide bonds. The zero-order chi connectivity index (χ0) is 16.4. The molecule has 2 aromatic heterocycles. The van der Waals surface area contributed by atoms with Gasteiger partial charge in [-0.15, -0.1) is 10.2 Å². The largest absolute Gasteiger partial charge is 0.366 e. The van der Waals surface area contributed by atoms with Crippen LogP contribution in [0.3, 0.4) is 0 Å². The van der Waals surface area contributed by atoms with E-state index in [0.29, 0.717) is 31.1 Å². The summed E-state index contributed by atoms with van der Waals surface area (Å²) in [6.07, 6.45) is 2.46. The highest BCUT2D eigenvalue weighted by Crippen LogP contribution is 2.20. The van der Waals surface area contributed by atoms with Crippen LogP contribution in [-0.2, 0) is 18.3 Å². The van der Waals surface area contributed by atoms with Crippen molar-refractivity contribution in [2.45, 2.75) is 32.9 Å². The van der Waals surface area contributed by atoms with Crippen molar-refractivity contribution in [3.05, 3.63) is 23.3 Å². The topological polar surface area (TPSA) is 91.0 Å². The number of morpholine rings is 1. The number of ether oxygens (including phenoxy) is 1. The van der Waals surface area contributed by atoms with Gasteiger partial charge in [0.2, 0.25) is 5.82 Å². The molecular formula is C14H21N7O2. The average molecular weight is 319 g/mol. The summed E-state index contributed by atoms with van der Waals surface area (Å²) < 4.78 is 7.50. The normalized spacial score (nSPS) is 18.4. The highest BCUT2D eigenvalue weighted by atomic mass is 16.5. The zero-order valence-electron chi connectivity index (χ0n) is 13.6. The van der Waals surface area contributed by atoms with Crippen molar-refractivity contribution >= 4 is 5.91 Å². The van der Waals surface area contributed by atoms with E-state index in [4.69, 9.17) is 4.74 Å². The zero-order valence-corrected chi connectivity index (χ0v) is 13.6. The van der Waals surface area contributed by atoms with Crippen molar-refractivity contribution in [1.82, 2.24) is 34.9 Å². The number of hydrogen-bond donors (Lipinski definition) is 0. The average Bonchev–Trinajstić information content (AvgIpc) is 3.13. The molecule has 124 valence electrons. The minimum absolute atomic E-state index is 0.0259. The molecule has 9 heteroatoms. The Bertz CT molecular complexity index is 693. The van der Waals surface area contributed by atoms with Gasteiger partial charge in [0, 0.05) is 19.3 Å². The van der Waals surface area contributed by atoms with Crippen LogP contribution in [0.1, 0.15) is 41.3 Å². The van der Waals surface area contributed by atoms with Gasteiger partial charge in [0.05, 0.1) is 31.5 Å². The predicted molar refractivity (Wildman–Crippen MR) is 80.6 cm³/mol. The van der Waals surface area contributed by atoms with E-state index in [9.17, 15) is 4.79 Å². The van der Waals surface area contributed by atoms with Crippen LogP contribution >= 0.6 is 0 Å². The Morgan fingerprint density at radius 2 is 2.26 bits per heavy atom. The Hall–Kier alpha value is -2.29. The molecule has 1 aliphatic rings. The van der Waals surface area contributed by atoms with E-state index in [-0.39, 0.29) is 12.0 Å². The SMILES string of the molecule is CCCn1cc(C(=O)N2CCOC(c3nnn(C)n3)C2)c(C)n1. The summed E-state index contributed by atoms with van der Waals surface area (Å²) in [6.45, 7) is 6.18. The van der Waals surface area contributed by atoms with Gasteiger partial charge in [0.25, 0.3) is 5.91 Å². The van der Waals surface area contributed by atoms with Crippen molar-refractivity contribution < 1.29 is 9.53 Å². The third kappa shape index (κ3) is 3.24. The lowest BCUT2D eigenvalue weighted by atomic mass is 10.2. The van der Waals surface area contributed by atoms with Gasteiger partial charge in [-0.3, -0.25) is 9.48 Å². The maximum atomic E-state index is 12.8. The third-order valence-electron chi connectivity index (χ3n) is 3.79. The summed E-state index contributed by atoms with van der Waals surface area (Å²) >= 11 is 0. The Morgan fingerprint density at radius 1 is 1.43 bits per heavy atom. The molecule has 1 unspecified atom stereocenters. The summed E-state index contributed by atoms with van der Waals surface area (Å²) in [4.78, 5) is 15.9. The van der Waals surface area contributed by atoms with Crippen LogP contribution in [0.15, 0.2) is 6.20 Å². The fourth-order valence-electron chi connectivity index (χ4n) is 2.66. The molecule has 1 atom stereocenters. The second kappa shape index (κ2) is 6.45. The summed E-state index contributed by atoms with van der Waals surface area (Å²) in [6, 6.07) is 0. The molecule has 1 aliphatic heterocycles. The molecule has 0 N–H and O–H groups in total. The molecule has 9 nitrogen and oxygen atoms in total. The van der Waals surface area contributed by atoms with Crippen molar-refractivity contribution in [2.75, 3.05) is 19.7 Å². The minimum atomic E-state index is -0.340. The van der Waals surface area contributed by atoms with Gasteiger partial charge in [-0.05, 0) is 18.6 Å². The molecule has 0 aromatic carbocycles. The first-order valence-electron chi connectivity index (χ1n) is 7.77. The van der Waals surface area contributed by atoms with E-state index in [1.165, 1.54) is 4.80 Å². The lowest BCUT2D eigenvalue weighted by Crippen LogP contribution is -2.42. The number of hydrogen-bond acceptors (Lipinski definition) is 6. The second-order valence-electron chi connectivity index (χ2n) is 5.64. The van der Waals surface area contributed by atoms with E-state index in [1.807, 2.05) is 17.8 Å². The fraction of sp³-hybridized carbons (Fsp3) is 0.643. The van der Waals surface area contributed by atoms with Crippen molar-refractivity contribution in [1.29, 1.82) is 0 Å². The van der Waals surface area contributed by atoms with Crippen LogP contribution in [-0.4, -0.2) is 60.5 Å². The smallest absolute Gasteiger partial charge is 0.257 e. The van der Waals surface area contributed by atoms with Gasteiger partial charge < -0.3 is 9.64 Å². The maximum Gasteiger partial charge on any atom is 0.257 e. The molecule has 1 saturated heterocycles. The lowest BCUT2D eigenvalue weighted by molar-refractivity contribution is -0.0269. The number of nitrogens with zero attached hydrogens (tertiary/aromatic N) is 7. The number of carbonyl (C=O) groups excluding carboxylic acids is 1. The third-order valence-corrected chi connectivity index (χ3v) is 3.79. The van der Waals surface area contributed by atoms with Gasteiger partial charge in [-0.1, -0.05) is 6.92 Å². The first kappa shape index (κ1) is 15.6. The fourth-order valence-corrected chi connectivity index (χ4v) is 2.66. The van der Waals surface area contributed by atoms with E-state index in [0.717, 1.165) is 18.7 Å². The number of aryl methyl sites for hydroxylation is 3. The summed E-state index contributed by atoms with van der Waals surface area (Å²) in [5.74, 6) is 0.477. The van der Waals surface area contributed by atoms with E-state index in [1.54, 1.807) is 11.9 Å². The molecule has 3 rings (SSSR count). The summed E-state index contributed by atoms with van der Waals surface area (Å²) in [5.41, 5.74) is 1.40. The minimum Gasteiger partial charge on any atom is -0.366 e. The number of aromatic nitrogens is 6. The number of carbonyl (C=O) groups is 1. The van der Waals surface area contributed by atoms with Crippen LogP contribution in [0, 0.1) is 6.92 Å². The predicted octanol–water partition coefficient (Wildman–Crippen LogP) is 0.339. The van der Waals surface area contributed by atoms with Crippen LogP contribution in [0.4, 0.5) is 0 Å². The Labute approximate surface area is 134 Å². The number of tetrazole rings is 1. The monoisotopic (exact) mass is 319 g/mol. The molecule has 0 spiro atoms. The highest BCUT2D eigenvalue weighted by molar-refractivity contribution is 5.95. The van der Waals surface area contributed by atoms with Crippen LogP contribution < -0.4 is 0 Å². The van der Waals surface area contributed by atoms with Gasteiger partial charge in [0.15, 0.2) is 0 Å².